The summed E-state index contributed by atoms with van der Waals surface area (Å²) >= 11 is 0. The molecule has 5 nitrogen and oxygen atoms in total. The minimum absolute atomic E-state index is 0.0583. The number of carboxylic acid groups (broad SMARTS) is 1. The Morgan fingerprint density at radius 1 is 0.966 bits per heavy atom. The van der Waals surface area contributed by atoms with Crippen LogP contribution in [0.25, 0.3) is 0 Å². The summed E-state index contributed by atoms with van der Waals surface area (Å²) in [5.41, 5.74) is 3.44. The molecule has 0 bridgehead atoms. The molecule has 29 heavy (non-hydrogen) atoms. The second kappa shape index (κ2) is 9.31. The number of likely N-dealkylation sites (tertiary alicyclic amines) is 1. The summed E-state index contributed by atoms with van der Waals surface area (Å²) in [5, 5.41) is 9.39. The van der Waals surface area contributed by atoms with Crippen molar-refractivity contribution in [2.75, 3.05) is 27.3 Å². The molecule has 1 atom stereocenters. The fourth-order valence-corrected chi connectivity index (χ4v) is 4.18. The highest BCUT2D eigenvalue weighted by molar-refractivity contribution is 5.70. The average Bonchev–Trinajstić information content (AvgIpc) is 2.74. The molecule has 3 rings (SSSR count). The quantitative estimate of drug-likeness (QED) is 0.733. The number of piperidine rings is 1. The second-order valence-corrected chi connectivity index (χ2v) is 7.95. The summed E-state index contributed by atoms with van der Waals surface area (Å²) < 4.78 is 11.4. The highest BCUT2D eigenvalue weighted by atomic mass is 16.5. The minimum Gasteiger partial charge on any atom is -0.496 e. The van der Waals surface area contributed by atoms with Crippen LogP contribution in [0.5, 0.6) is 11.5 Å². The van der Waals surface area contributed by atoms with Crippen molar-refractivity contribution in [3.8, 4) is 11.5 Å². The monoisotopic (exact) mass is 397 g/mol. The van der Waals surface area contributed by atoms with Crippen LogP contribution in [-0.2, 0) is 4.79 Å². The van der Waals surface area contributed by atoms with Crippen LogP contribution in [0.4, 0.5) is 0 Å². The lowest BCUT2D eigenvalue weighted by atomic mass is 9.89. The van der Waals surface area contributed by atoms with Gasteiger partial charge in [-0.25, -0.2) is 0 Å². The lowest BCUT2D eigenvalue weighted by Crippen LogP contribution is -2.39. The van der Waals surface area contributed by atoms with Crippen LogP contribution in [-0.4, -0.2) is 43.3 Å². The molecule has 0 amide bonds. The van der Waals surface area contributed by atoms with E-state index in [1.54, 1.807) is 14.2 Å². The molecule has 0 aliphatic carbocycles. The van der Waals surface area contributed by atoms with Crippen molar-refractivity contribution in [2.24, 2.45) is 5.92 Å². The van der Waals surface area contributed by atoms with Crippen molar-refractivity contribution in [1.29, 1.82) is 0 Å². The Balaban J connectivity index is 2.05. The molecule has 1 aliphatic heterocycles. The van der Waals surface area contributed by atoms with Gasteiger partial charge in [-0.2, -0.15) is 0 Å². The van der Waals surface area contributed by atoms with E-state index in [0.717, 1.165) is 35.7 Å². The third-order valence-corrected chi connectivity index (χ3v) is 5.90. The molecule has 0 aromatic heterocycles. The molecule has 1 N–H and O–H groups in total. The summed E-state index contributed by atoms with van der Waals surface area (Å²) in [6, 6.07) is 14.5. The molecule has 2 aromatic carbocycles. The first-order chi connectivity index (χ1) is 14.0. The Hall–Kier alpha value is -2.53. The molecule has 0 spiro atoms. The largest absolute Gasteiger partial charge is 0.496 e. The Labute approximate surface area is 173 Å². The molecule has 5 heteroatoms. The van der Waals surface area contributed by atoms with Crippen molar-refractivity contribution in [3.05, 3.63) is 59.2 Å². The lowest BCUT2D eigenvalue weighted by Gasteiger charge is -2.38. The van der Waals surface area contributed by atoms with Crippen molar-refractivity contribution in [1.82, 2.24) is 4.90 Å². The second-order valence-electron chi connectivity index (χ2n) is 7.95. The topological polar surface area (TPSA) is 59.0 Å². The van der Waals surface area contributed by atoms with E-state index in [2.05, 4.69) is 43.0 Å². The van der Waals surface area contributed by atoms with Crippen LogP contribution >= 0.6 is 0 Å². The fourth-order valence-electron chi connectivity index (χ4n) is 4.18. The van der Waals surface area contributed by atoms with E-state index in [9.17, 15) is 9.90 Å². The number of hydrogen-bond donors (Lipinski definition) is 1. The zero-order valence-corrected chi connectivity index (χ0v) is 17.7. The van der Waals surface area contributed by atoms with Gasteiger partial charge in [0, 0.05) is 0 Å². The fraction of sp³-hybridized carbons (Fsp3) is 0.458. The number of hydrogen-bond acceptors (Lipinski definition) is 4. The molecule has 1 saturated heterocycles. The predicted molar refractivity (Wildman–Crippen MR) is 114 cm³/mol. The van der Waals surface area contributed by atoms with Gasteiger partial charge in [-0.15, -0.1) is 0 Å². The van der Waals surface area contributed by atoms with Gasteiger partial charge >= 0.3 is 5.97 Å². The van der Waals surface area contributed by atoms with Crippen molar-refractivity contribution >= 4 is 5.97 Å². The van der Waals surface area contributed by atoms with E-state index < -0.39 is 5.97 Å². The molecular formula is C24H31NO4. The number of ether oxygens (including phenoxy) is 2. The zero-order chi connectivity index (χ0) is 21.0. The number of aliphatic carboxylic acids is 1. The van der Waals surface area contributed by atoms with E-state index in [1.807, 2.05) is 18.2 Å². The summed E-state index contributed by atoms with van der Waals surface area (Å²) in [6.45, 7) is 5.81. The number of methoxy groups -OCH3 is 2. The van der Waals surface area contributed by atoms with E-state index in [4.69, 9.17) is 9.47 Å². The molecule has 0 radical (unpaired) electrons. The molecular weight excluding hydrogens is 366 g/mol. The zero-order valence-electron chi connectivity index (χ0n) is 17.7. The first-order valence-electron chi connectivity index (χ1n) is 10.2. The lowest BCUT2D eigenvalue weighted by molar-refractivity contribution is -0.143. The Morgan fingerprint density at radius 3 is 1.93 bits per heavy atom. The smallest absolute Gasteiger partial charge is 0.306 e. The summed E-state index contributed by atoms with van der Waals surface area (Å²) in [6.07, 6.45) is 1.29. The van der Waals surface area contributed by atoms with Crippen molar-refractivity contribution in [3.63, 3.8) is 0 Å². The van der Waals surface area contributed by atoms with Gasteiger partial charge in [0.05, 0.1) is 31.7 Å². The SMILES string of the molecule is COc1cccc(OC)c1C(c1ccc(C(C)C)cc1)N1CCC(C(=O)O)CC1. The van der Waals surface area contributed by atoms with Gasteiger partial charge in [0.2, 0.25) is 0 Å². The van der Waals surface area contributed by atoms with Crippen LogP contribution in [0.1, 0.15) is 55.3 Å². The van der Waals surface area contributed by atoms with Crippen molar-refractivity contribution < 1.29 is 19.4 Å². The Morgan fingerprint density at radius 2 is 1.48 bits per heavy atom. The molecule has 1 aliphatic rings. The third kappa shape index (κ3) is 4.56. The normalized spacial score (nSPS) is 16.6. The Bertz CT molecular complexity index is 801. The van der Waals surface area contributed by atoms with Gasteiger partial charge in [0.25, 0.3) is 0 Å². The van der Waals surface area contributed by atoms with E-state index in [0.29, 0.717) is 18.8 Å². The first-order valence-corrected chi connectivity index (χ1v) is 10.2. The summed E-state index contributed by atoms with van der Waals surface area (Å²) in [7, 11) is 3.35. The highest BCUT2D eigenvalue weighted by Gasteiger charge is 2.33. The van der Waals surface area contributed by atoms with Crippen molar-refractivity contribution in [2.45, 2.75) is 38.6 Å². The summed E-state index contributed by atoms with van der Waals surface area (Å²) in [5.74, 6) is 1.06. The maximum absolute atomic E-state index is 11.4. The first kappa shape index (κ1) is 21.2. The number of rotatable bonds is 7. The average molecular weight is 398 g/mol. The van der Waals surface area contributed by atoms with Crippen LogP contribution < -0.4 is 9.47 Å². The van der Waals surface area contributed by atoms with Crippen LogP contribution in [0, 0.1) is 5.92 Å². The highest BCUT2D eigenvalue weighted by Crippen LogP contribution is 2.42. The summed E-state index contributed by atoms with van der Waals surface area (Å²) in [4.78, 5) is 13.8. The third-order valence-electron chi connectivity index (χ3n) is 5.90. The maximum atomic E-state index is 11.4. The molecule has 1 fully saturated rings. The Kier molecular flexibility index (Phi) is 6.80. The van der Waals surface area contributed by atoms with Gasteiger partial charge in [-0.05, 0) is 55.1 Å². The van der Waals surface area contributed by atoms with E-state index in [1.165, 1.54) is 5.56 Å². The molecule has 0 saturated carbocycles. The van der Waals surface area contributed by atoms with Crippen LogP contribution in [0.3, 0.4) is 0 Å². The maximum Gasteiger partial charge on any atom is 0.306 e. The van der Waals surface area contributed by atoms with Gasteiger partial charge in [0.1, 0.15) is 11.5 Å². The van der Waals surface area contributed by atoms with Gasteiger partial charge < -0.3 is 14.6 Å². The molecule has 1 unspecified atom stereocenters. The molecule has 1 heterocycles. The molecule has 156 valence electrons. The van der Waals surface area contributed by atoms with Gasteiger partial charge in [-0.1, -0.05) is 44.2 Å². The number of benzene rings is 2. The van der Waals surface area contributed by atoms with Crippen LogP contribution in [0.15, 0.2) is 42.5 Å². The van der Waals surface area contributed by atoms with Gasteiger partial charge in [-0.3, -0.25) is 9.69 Å². The standard InChI is InChI=1S/C24H31NO4/c1-16(2)17-8-10-18(11-9-17)23(25-14-12-19(13-15-25)24(26)27)22-20(28-3)6-5-7-21(22)29-4/h5-11,16,19,23H,12-15H2,1-4H3,(H,26,27). The number of nitrogens with zero attached hydrogens (tertiary/aromatic N) is 1. The van der Waals surface area contributed by atoms with E-state index >= 15 is 0 Å². The van der Waals surface area contributed by atoms with Crippen LogP contribution in [0.2, 0.25) is 0 Å². The number of carbonyl (C=O) groups is 1. The molecule has 2 aromatic rings. The van der Waals surface area contributed by atoms with Gasteiger partial charge in [0.15, 0.2) is 0 Å². The number of carboxylic acids is 1. The van der Waals surface area contributed by atoms with E-state index in [-0.39, 0.29) is 12.0 Å². The predicted octanol–water partition coefficient (Wildman–Crippen LogP) is 4.71. The minimum atomic E-state index is -0.697.